The zero-order valence-electron chi connectivity index (χ0n) is 10.7. The van der Waals surface area contributed by atoms with Crippen LogP contribution in [0.5, 0.6) is 0 Å². The van der Waals surface area contributed by atoms with Crippen molar-refractivity contribution in [3.63, 3.8) is 0 Å². The molecular weight excluding hydrogens is 305 g/mol. The lowest BCUT2D eigenvalue weighted by atomic mass is 10.1. The lowest BCUT2D eigenvalue weighted by Gasteiger charge is -2.14. The highest BCUT2D eigenvalue weighted by molar-refractivity contribution is 6.30. The van der Waals surface area contributed by atoms with Crippen LogP contribution < -0.4 is 16.4 Å². The van der Waals surface area contributed by atoms with Crippen molar-refractivity contribution in [2.75, 3.05) is 5.32 Å². The fraction of sp³-hybridized carbons (Fsp3) is 0.250. The van der Waals surface area contributed by atoms with E-state index in [2.05, 4.69) is 10.6 Å². The number of benzene rings is 1. The number of nitrogens with one attached hydrogen (secondary N) is 2. The number of aliphatic carboxylic acids is 1. The molecule has 0 fully saturated rings. The molecule has 0 spiro atoms. The molecule has 0 saturated carbocycles. The molecule has 7 nitrogen and oxygen atoms in total. The number of primary amides is 1. The van der Waals surface area contributed by atoms with E-state index in [0.717, 1.165) is 12.1 Å². The average Bonchev–Trinajstić information content (AvgIpc) is 2.32. The first-order chi connectivity index (χ1) is 9.77. The minimum absolute atomic E-state index is 0.0662. The minimum Gasteiger partial charge on any atom is -0.480 e. The molecule has 1 aromatic rings. The van der Waals surface area contributed by atoms with E-state index < -0.39 is 29.8 Å². The van der Waals surface area contributed by atoms with Gasteiger partial charge in [-0.3, -0.25) is 4.79 Å². The fourth-order valence-electron chi connectivity index (χ4n) is 1.50. The summed E-state index contributed by atoms with van der Waals surface area (Å²) >= 11 is 5.62. The maximum atomic E-state index is 13.1. The highest BCUT2D eigenvalue weighted by Gasteiger charge is 2.20. The number of hydrogen-bond acceptors (Lipinski definition) is 3. The van der Waals surface area contributed by atoms with Crippen LogP contribution in [0.3, 0.4) is 0 Å². The van der Waals surface area contributed by atoms with Crippen LogP contribution >= 0.6 is 11.6 Å². The summed E-state index contributed by atoms with van der Waals surface area (Å²) in [6.45, 7) is 0. The zero-order chi connectivity index (χ0) is 16.0. The van der Waals surface area contributed by atoms with E-state index in [0.29, 0.717) is 0 Å². The van der Waals surface area contributed by atoms with Gasteiger partial charge in [-0.25, -0.2) is 14.0 Å². The highest BCUT2D eigenvalue weighted by Crippen LogP contribution is 2.17. The molecule has 0 aliphatic carbocycles. The van der Waals surface area contributed by atoms with Crippen molar-refractivity contribution in [3.05, 3.63) is 29.0 Å². The monoisotopic (exact) mass is 317 g/mol. The Balaban J connectivity index is 2.65. The van der Waals surface area contributed by atoms with Gasteiger partial charge in [-0.15, -0.1) is 0 Å². The predicted molar refractivity (Wildman–Crippen MR) is 73.4 cm³/mol. The number of urea groups is 1. The Morgan fingerprint density at radius 3 is 2.52 bits per heavy atom. The van der Waals surface area contributed by atoms with Crippen molar-refractivity contribution in [2.45, 2.75) is 18.9 Å². The van der Waals surface area contributed by atoms with Gasteiger partial charge < -0.3 is 21.5 Å². The average molecular weight is 318 g/mol. The van der Waals surface area contributed by atoms with Crippen LogP contribution in [0.1, 0.15) is 12.8 Å². The lowest BCUT2D eigenvalue weighted by Crippen LogP contribution is -2.43. The predicted octanol–water partition coefficient (Wildman–Crippen LogP) is 1.32. The normalized spacial score (nSPS) is 11.5. The molecule has 3 amide bonds. The number of rotatable bonds is 6. The maximum absolute atomic E-state index is 13.1. The Kier molecular flexibility index (Phi) is 5.92. The van der Waals surface area contributed by atoms with E-state index in [-0.39, 0.29) is 23.6 Å². The number of anilines is 1. The molecule has 0 radical (unpaired) electrons. The second kappa shape index (κ2) is 7.44. The van der Waals surface area contributed by atoms with Gasteiger partial charge in [0.2, 0.25) is 5.91 Å². The number of carbonyl (C=O) groups excluding carboxylic acids is 2. The molecule has 0 aliphatic rings. The van der Waals surface area contributed by atoms with Crippen LogP contribution in [0.25, 0.3) is 0 Å². The molecule has 1 rings (SSSR count). The molecule has 0 unspecified atom stereocenters. The van der Waals surface area contributed by atoms with Crippen molar-refractivity contribution < 1.29 is 23.9 Å². The second-order valence-electron chi connectivity index (χ2n) is 4.15. The number of carboxylic acids is 1. The molecule has 1 atom stereocenters. The first-order valence-electron chi connectivity index (χ1n) is 5.82. The van der Waals surface area contributed by atoms with Gasteiger partial charge in [-0.1, -0.05) is 11.6 Å². The fourth-order valence-corrected chi connectivity index (χ4v) is 1.72. The first-order valence-corrected chi connectivity index (χ1v) is 6.20. The van der Waals surface area contributed by atoms with E-state index >= 15 is 0 Å². The van der Waals surface area contributed by atoms with Crippen LogP contribution in [0.2, 0.25) is 5.02 Å². The molecular formula is C12H13ClFN3O4. The minimum atomic E-state index is -1.32. The summed E-state index contributed by atoms with van der Waals surface area (Å²) in [6.07, 6.45) is -0.342. The van der Waals surface area contributed by atoms with Gasteiger partial charge in [0, 0.05) is 17.1 Å². The number of hydrogen-bond donors (Lipinski definition) is 4. The van der Waals surface area contributed by atoms with E-state index in [1.807, 2.05) is 0 Å². The zero-order valence-corrected chi connectivity index (χ0v) is 11.5. The van der Waals surface area contributed by atoms with Crippen molar-refractivity contribution >= 4 is 35.2 Å². The standard InChI is InChI=1S/C12H13ClFN3O4/c13-6-3-7(14)5-8(4-6)16-12(21)17-9(11(19)20)1-2-10(15)18/h3-5,9H,1-2H2,(H2,15,18)(H,19,20)(H2,16,17,21)/t9-/m1/s1. The number of nitrogens with two attached hydrogens (primary N) is 1. The van der Waals surface area contributed by atoms with Crippen LogP contribution in [0.4, 0.5) is 14.9 Å². The Morgan fingerprint density at radius 1 is 1.33 bits per heavy atom. The Bertz CT molecular complexity index is 547. The molecule has 21 heavy (non-hydrogen) atoms. The van der Waals surface area contributed by atoms with Crippen LogP contribution in [-0.2, 0) is 9.59 Å². The molecule has 0 aromatic heterocycles. The summed E-state index contributed by atoms with van der Waals surface area (Å²) in [5, 5.41) is 13.4. The van der Waals surface area contributed by atoms with Crippen molar-refractivity contribution in [1.82, 2.24) is 5.32 Å². The Hall–Kier alpha value is -2.35. The van der Waals surface area contributed by atoms with Gasteiger partial charge in [-0.2, -0.15) is 0 Å². The molecule has 114 valence electrons. The third-order valence-electron chi connectivity index (χ3n) is 2.40. The number of halogens is 2. The topological polar surface area (TPSA) is 122 Å². The summed E-state index contributed by atoms with van der Waals surface area (Å²) in [5.74, 6) is -2.65. The quantitative estimate of drug-likeness (QED) is 0.632. The van der Waals surface area contributed by atoms with Gasteiger partial charge in [0.25, 0.3) is 0 Å². The van der Waals surface area contributed by atoms with Crippen LogP contribution in [-0.4, -0.2) is 29.1 Å². The molecule has 0 bridgehead atoms. The number of carboxylic acid groups (broad SMARTS) is 1. The molecule has 9 heteroatoms. The number of amides is 3. The summed E-state index contributed by atoms with van der Waals surface area (Å²) < 4.78 is 13.1. The third kappa shape index (κ3) is 6.09. The van der Waals surface area contributed by atoms with Gasteiger partial charge in [0.15, 0.2) is 0 Å². The molecule has 0 saturated heterocycles. The van der Waals surface area contributed by atoms with Gasteiger partial charge >= 0.3 is 12.0 Å². The highest BCUT2D eigenvalue weighted by atomic mass is 35.5. The van der Waals surface area contributed by atoms with Crippen molar-refractivity contribution in [3.8, 4) is 0 Å². The molecule has 0 aliphatic heterocycles. The number of carbonyl (C=O) groups is 3. The Morgan fingerprint density at radius 2 is 2.00 bits per heavy atom. The molecule has 5 N–H and O–H groups in total. The SMILES string of the molecule is NC(=O)CC[C@@H](NC(=O)Nc1cc(F)cc(Cl)c1)C(=O)O. The molecule has 0 heterocycles. The van der Waals surface area contributed by atoms with E-state index in [9.17, 15) is 18.8 Å². The van der Waals surface area contributed by atoms with Gasteiger partial charge in [0.1, 0.15) is 11.9 Å². The smallest absolute Gasteiger partial charge is 0.326 e. The summed E-state index contributed by atoms with van der Waals surface area (Å²) in [4.78, 5) is 33.2. The maximum Gasteiger partial charge on any atom is 0.326 e. The lowest BCUT2D eigenvalue weighted by molar-refractivity contribution is -0.139. The van der Waals surface area contributed by atoms with E-state index in [1.165, 1.54) is 6.07 Å². The summed E-state index contributed by atoms with van der Waals surface area (Å²) in [7, 11) is 0. The van der Waals surface area contributed by atoms with Gasteiger partial charge in [0.05, 0.1) is 0 Å². The Labute approximate surface area is 124 Å². The van der Waals surface area contributed by atoms with E-state index in [4.69, 9.17) is 22.4 Å². The third-order valence-corrected chi connectivity index (χ3v) is 2.62. The van der Waals surface area contributed by atoms with Gasteiger partial charge in [-0.05, 0) is 24.6 Å². The molecule has 1 aromatic carbocycles. The summed E-state index contributed by atoms with van der Waals surface area (Å²) in [6, 6.07) is 1.21. The largest absolute Gasteiger partial charge is 0.480 e. The van der Waals surface area contributed by atoms with Crippen LogP contribution in [0.15, 0.2) is 18.2 Å². The van der Waals surface area contributed by atoms with E-state index in [1.54, 1.807) is 0 Å². The second-order valence-corrected chi connectivity index (χ2v) is 4.59. The first kappa shape index (κ1) is 16.7. The van der Waals surface area contributed by atoms with Crippen molar-refractivity contribution in [1.29, 1.82) is 0 Å². The van der Waals surface area contributed by atoms with Crippen molar-refractivity contribution in [2.24, 2.45) is 5.73 Å². The van der Waals surface area contributed by atoms with Crippen LogP contribution in [0, 0.1) is 5.82 Å². The summed E-state index contributed by atoms with van der Waals surface area (Å²) in [5.41, 5.74) is 4.98.